The van der Waals surface area contributed by atoms with E-state index >= 15 is 0 Å². The Kier molecular flexibility index (Phi) is 38.2. The number of rotatable bonds is 42. The zero-order valence-corrected chi connectivity index (χ0v) is 41.2. The molecule has 1 fully saturated rings. The summed E-state index contributed by atoms with van der Waals surface area (Å²) >= 11 is 0. The van der Waals surface area contributed by atoms with Gasteiger partial charge in [-0.05, 0) is 51.4 Å². The summed E-state index contributed by atoms with van der Waals surface area (Å²) in [6, 6.07) is 0. The van der Waals surface area contributed by atoms with Crippen LogP contribution in [-0.2, 0) is 32.7 Å². The van der Waals surface area contributed by atoms with Gasteiger partial charge in [0.05, 0.1) is 6.61 Å². The smallest absolute Gasteiger partial charge is 0.462 e. The van der Waals surface area contributed by atoms with Gasteiger partial charge in [-0.25, -0.2) is 4.57 Å². The molecule has 0 spiro atoms. The van der Waals surface area contributed by atoms with Crippen molar-refractivity contribution in [2.75, 3.05) is 13.2 Å². The normalized spacial score (nSPS) is 21.8. The standard InChI is InChI=1S/C51H91O13P/c1-3-5-7-9-11-13-15-17-19-21-22-24-25-27-29-31-33-35-37-39-44(52)61-41-43(42-62-65(59,60)64-51-49(57)47(55)46(54)48(56)50(51)58)63-45(53)40-38-36-34-32-30-28-26-23-20-18-16-14-12-10-8-6-4-2/h12,14,18,20,26,28,32,34,43,46-51,54-58H,3-11,13,15-17,19,21-25,27,29-31,33,35-42H2,1-2H3,(H,59,60)/b14-12+,20-18+,28-26+,34-32+/t43-,46?,47-,48?,49?,50?,51?/m0/s1. The summed E-state index contributed by atoms with van der Waals surface area (Å²) in [5, 5.41) is 50.2. The van der Waals surface area contributed by atoms with Crippen molar-refractivity contribution in [2.24, 2.45) is 0 Å². The van der Waals surface area contributed by atoms with Crippen LogP contribution in [0.4, 0.5) is 0 Å². The highest BCUT2D eigenvalue weighted by molar-refractivity contribution is 7.47. The highest BCUT2D eigenvalue weighted by Crippen LogP contribution is 2.47. The Morgan fingerprint density at radius 1 is 0.477 bits per heavy atom. The molecule has 1 rings (SSSR count). The Balaban J connectivity index is 2.44. The molecule has 378 valence electrons. The van der Waals surface area contributed by atoms with Crippen molar-refractivity contribution in [1.82, 2.24) is 0 Å². The van der Waals surface area contributed by atoms with Crippen molar-refractivity contribution in [3.63, 3.8) is 0 Å². The van der Waals surface area contributed by atoms with E-state index in [1.54, 1.807) is 0 Å². The summed E-state index contributed by atoms with van der Waals surface area (Å²) in [5.74, 6) is -1.16. The highest BCUT2D eigenvalue weighted by atomic mass is 31.2. The SMILES string of the molecule is CCCCC/C=C/C/C=C/C/C=C/C/C=C/CCCC(=O)O[C@@H](COC(=O)CCCCCCCCCCCCCCCCCCCCC)COP(=O)(O)OC1C(O)C(O)C(O)[C@H](O)C1O. The number of aliphatic hydroxyl groups is 5. The summed E-state index contributed by atoms with van der Waals surface area (Å²) in [4.78, 5) is 35.8. The van der Waals surface area contributed by atoms with Gasteiger partial charge in [0.2, 0.25) is 0 Å². The van der Waals surface area contributed by atoms with E-state index in [-0.39, 0.29) is 12.8 Å². The van der Waals surface area contributed by atoms with Crippen LogP contribution in [0, 0.1) is 0 Å². The number of phosphoric acid groups is 1. The Morgan fingerprint density at radius 2 is 0.846 bits per heavy atom. The first-order valence-corrected chi connectivity index (χ1v) is 26.9. The highest BCUT2D eigenvalue weighted by Gasteiger charge is 2.51. The Hall–Kier alpha value is -2.19. The number of carbonyl (C=O) groups is 2. The molecule has 65 heavy (non-hydrogen) atoms. The maximum atomic E-state index is 12.8. The van der Waals surface area contributed by atoms with Crippen LogP contribution in [0.2, 0.25) is 0 Å². The van der Waals surface area contributed by atoms with E-state index in [9.17, 15) is 44.6 Å². The summed E-state index contributed by atoms with van der Waals surface area (Å²) < 4.78 is 33.6. The molecule has 1 saturated carbocycles. The number of phosphoric ester groups is 1. The first kappa shape index (κ1) is 60.8. The monoisotopic (exact) mass is 943 g/mol. The second kappa shape index (κ2) is 40.8. The van der Waals surface area contributed by atoms with E-state index in [0.29, 0.717) is 19.3 Å². The van der Waals surface area contributed by atoms with Gasteiger partial charge in [0, 0.05) is 12.8 Å². The molecule has 0 aliphatic heterocycles. The van der Waals surface area contributed by atoms with E-state index in [0.717, 1.165) is 44.9 Å². The molecule has 1 aliphatic carbocycles. The predicted octanol–water partition coefficient (Wildman–Crippen LogP) is 10.7. The Labute approximate surface area is 392 Å². The van der Waals surface area contributed by atoms with E-state index < -0.39 is 75.7 Å². The van der Waals surface area contributed by atoms with Crippen molar-refractivity contribution in [3.05, 3.63) is 48.6 Å². The van der Waals surface area contributed by atoms with E-state index in [1.807, 2.05) is 12.2 Å². The largest absolute Gasteiger partial charge is 0.472 e. The number of hydrogen-bond acceptors (Lipinski definition) is 12. The Bertz CT molecular complexity index is 1320. The molecule has 0 amide bonds. The molecule has 6 unspecified atom stereocenters. The van der Waals surface area contributed by atoms with Gasteiger partial charge >= 0.3 is 19.8 Å². The van der Waals surface area contributed by atoms with Crippen LogP contribution in [0.25, 0.3) is 0 Å². The summed E-state index contributed by atoms with van der Waals surface area (Å²) in [6.07, 6.45) is 36.0. The Morgan fingerprint density at radius 3 is 1.31 bits per heavy atom. The van der Waals surface area contributed by atoms with Crippen molar-refractivity contribution in [2.45, 2.75) is 249 Å². The maximum Gasteiger partial charge on any atom is 0.472 e. The van der Waals surface area contributed by atoms with Crippen LogP contribution < -0.4 is 0 Å². The molecule has 0 aromatic carbocycles. The van der Waals surface area contributed by atoms with Gasteiger partial charge in [0.15, 0.2) is 6.10 Å². The maximum absolute atomic E-state index is 12.8. The van der Waals surface area contributed by atoms with Crippen LogP contribution in [0.15, 0.2) is 48.6 Å². The molecule has 0 bridgehead atoms. The molecule has 0 heterocycles. The van der Waals surface area contributed by atoms with Crippen LogP contribution >= 0.6 is 7.82 Å². The summed E-state index contributed by atoms with van der Waals surface area (Å²) in [6.45, 7) is 3.25. The lowest BCUT2D eigenvalue weighted by molar-refractivity contribution is -0.220. The minimum absolute atomic E-state index is 0.0215. The van der Waals surface area contributed by atoms with Gasteiger partial charge < -0.3 is 39.9 Å². The van der Waals surface area contributed by atoms with Crippen LogP contribution in [0.5, 0.6) is 0 Å². The predicted molar refractivity (Wildman–Crippen MR) is 258 cm³/mol. The molecule has 0 aromatic heterocycles. The lowest BCUT2D eigenvalue weighted by Gasteiger charge is -2.41. The summed E-state index contributed by atoms with van der Waals surface area (Å²) in [5.41, 5.74) is 0. The fourth-order valence-electron chi connectivity index (χ4n) is 7.58. The third-order valence-corrected chi connectivity index (χ3v) is 12.7. The molecular formula is C51H91O13P. The van der Waals surface area contributed by atoms with Crippen LogP contribution in [0.1, 0.15) is 206 Å². The van der Waals surface area contributed by atoms with Crippen molar-refractivity contribution < 1.29 is 63.1 Å². The molecule has 1 aliphatic rings. The van der Waals surface area contributed by atoms with Gasteiger partial charge in [0.1, 0.15) is 43.2 Å². The molecule has 14 heteroatoms. The molecular weight excluding hydrogens is 852 g/mol. The van der Waals surface area contributed by atoms with Gasteiger partial charge in [-0.15, -0.1) is 0 Å². The lowest BCUT2D eigenvalue weighted by atomic mass is 9.85. The average molecular weight is 943 g/mol. The van der Waals surface area contributed by atoms with Crippen molar-refractivity contribution in [3.8, 4) is 0 Å². The fraction of sp³-hybridized carbons (Fsp3) is 0.804. The van der Waals surface area contributed by atoms with Crippen LogP contribution in [0.3, 0.4) is 0 Å². The molecule has 8 atom stereocenters. The van der Waals surface area contributed by atoms with E-state index in [4.69, 9.17) is 18.5 Å². The number of carbonyl (C=O) groups excluding carboxylic acids is 2. The van der Waals surface area contributed by atoms with Gasteiger partial charge in [-0.1, -0.05) is 191 Å². The van der Waals surface area contributed by atoms with Gasteiger partial charge in [-0.3, -0.25) is 18.6 Å². The second-order valence-corrected chi connectivity index (χ2v) is 19.1. The number of allylic oxidation sites excluding steroid dienone is 8. The first-order valence-electron chi connectivity index (χ1n) is 25.4. The van der Waals surface area contributed by atoms with Crippen molar-refractivity contribution >= 4 is 19.8 Å². The first-order chi connectivity index (χ1) is 31.4. The minimum Gasteiger partial charge on any atom is -0.462 e. The number of aliphatic hydroxyl groups excluding tert-OH is 5. The second-order valence-electron chi connectivity index (χ2n) is 17.7. The molecule has 0 saturated heterocycles. The molecule has 0 radical (unpaired) electrons. The van der Waals surface area contributed by atoms with Crippen molar-refractivity contribution in [1.29, 1.82) is 0 Å². The molecule has 13 nitrogen and oxygen atoms in total. The number of hydrogen-bond donors (Lipinski definition) is 6. The third kappa shape index (κ3) is 33.0. The topological polar surface area (TPSA) is 210 Å². The summed E-state index contributed by atoms with van der Waals surface area (Å²) in [7, 11) is -5.14. The number of unbranched alkanes of at least 4 members (excludes halogenated alkanes) is 22. The average Bonchev–Trinajstić information content (AvgIpc) is 3.29. The van der Waals surface area contributed by atoms with Crippen LogP contribution in [-0.4, -0.2) is 98.3 Å². The zero-order chi connectivity index (χ0) is 47.8. The molecule has 0 aromatic rings. The van der Waals surface area contributed by atoms with Gasteiger partial charge in [-0.2, -0.15) is 0 Å². The lowest BCUT2D eigenvalue weighted by Crippen LogP contribution is -2.64. The fourth-order valence-corrected chi connectivity index (χ4v) is 8.55. The zero-order valence-electron chi connectivity index (χ0n) is 40.3. The number of ether oxygens (including phenoxy) is 2. The third-order valence-electron chi connectivity index (χ3n) is 11.7. The van der Waals surface area contributed by atoms with Gasteiger partial charge in [0.25, 0.3) is 0 Å². The molecule has 6 N–H and O–H groups in total. The number of esters is 2. The quantitative estimate of drug-likeness (QED) is 0.0146. The van der Waals surface area contributed by atoms with E-state index in [1.165, 1.54) is 116 Å². The minimum atomic E-state index is -5.14. The van der Waals surface area contributed by atoms with E-state index in [2.05, 4.69) is 50.3 Å².